The van der Waals surface area contributed by atoms with E-state index < -0.39 is 5.97 Å². The fraction of sp³-hybridized carbons (Fsp3) is 0.160. The molecule has 0 bridgehead atoms. The van der Waals surface area contributed by atoms with Crippen molar-refractivity contribution in [1.82, 2.24) is 9.97 Å². The van der Waals surface area contributed by atoms with Gasteiger partial charge in [-0.3, -0.25) is 0 Å². The number of aromatic amines is 1. The largest absolute Gasteiger partial charge is 0.478 e. The molecular weight excluding hydrogens is 388 g/mol. The van der Waals surface area contributed by atoms with Gasteiger partial charge in [0.1, 0.15) is 0 Å². The van der Waals surface area contributed by atoms with E-state index in [1.54, 1.807) is 6.07 Å². The van der Waals surface area contributed by atoms with Crippen LogP contribution < -0.4 is 5.32 Å². The summed E-state index contributed by atoms with van der Waals surface area (Å²) in [5, 5.41) is 22.1. The molecule has 3 aromatic carbocycles. The molecule has 0 atom stereocenters. The Morgan fingerprint density at radius 3 is 2.61 bits per heavy atom. The van der Waals surface area contributed by atoms with Gasteiger partial charge < -0.3 is 15.4 Å². The molecule has 0 saturated heterocycles. The predicted molar refractivity (Wildman–Crippen MR) is 121 cm³/mol. The van der Waals surface area contributed by atoms with Crippen LogP contribution in [0.25, 0.3) is 22.2 Å². The molecule has 0 unspecified atom stereocenters. The van der Waals surface area contributed by atoms with Crippen LogP contribution in [0.4, 0.5) is 5.95 Å². The number of nitrogens with zero attached hydrogens (tertiary/aromatic N) is 2. The third-order valence-corrected chi connectivity index (χ3v) is 5.21. The summed E-state index contributed by atoms with van der Waals surface area (Å²) in [7, 11) is 0. The van der Waals surface area contributed by atoms with Gasteiger partial charge in [0.15, 0.2) is 0 Å². The number of aromatic carboxylic acids is 1. The van der Waals surface area contributed by atoms with E-state index in [4.69, 9.17) is 0 Å². The summed E-state index contributed by atoms with van der Waals surface area (Å²) in [6.07, 6.45) is 1.56. The predicted octanol–water partition coefficient (Wildman–Crippen LogP) is 5.21. The second kappa shape index (κ2) is 8.72. The normalized spacial score (nSPS) is 10.7. The van der Waals surface area contributed by atoms with Crippen LogP contribution in [0.2, 0.25) is 0 Å². The highest BCUT2D eigenvalue weighted by molar-refractivity contribution is 6.02. The molecule has 6 heteroatoms. The Morgan fingerprint density at radius 1 is 1.13 bits per heavy atom. The second-order valence-electron chi connectivity index (χ2n) is 7.34. The van der Waals surface area contributed by atoms with Crippen molar-refractivity contribution < 1.29 is 9.90 Å². The summed E-state index contributed by atoms with van der Waals surface area (Å²) in [5.41, 5.74) is 5.96. The van der Waals surface area contributed by atoms with Crippen LogP contribution in [-0.2, 0) is 6.42 Å². The maximum Gasteiger partial charge on any atom is 0.337 e. The molecular formula is C25H22N4O2. The Balaban J connectivity index is 1.67. The number of aromatic nitrogens is 2. The first-order chi connectivity index (χ1) is 15.1. The molecule has 31 heavy (non-hydrogen) atoms. The number of hydrogen-bond acceptors (Lipinski definition) is 4. The maximum atomic E-state index is 11.6. The molecule has 0 aliphatic heterocycles. The molecule has 154 valence electrons. The monoisotopic (exact) mass is 410 g/mol. The first-order valence-corrected chi connectivity index (χ1v) is 10.2. The van der Waals surface area contributed by atoms with Crippen LogP contribution in [0.1, 0.15) is 40.4 Å². The molecule has 0 aliphatic rings. The van der Waals surface area contributed by atoms with Gasteiger partial charge in [0.2, 0.25) is 5.95 Å². The summed E-state index contributed by atoms with van der Waals surface area (Å²) in [4.78, 5) is 19.4. The third-order valence-electron chi connectivity index (χ3n) is 5.21. The first kappa shape index (κ1) is 20.2. The van der Waals surface area contributed by atoms with Gasteiger partial charge >= 0.3 is 5.97 Å². The second-order valence-corrected chi connectivity index (χ2v) is 7.34. The molecule has 0 spiro atoms. The molecule has 6 nitrogen and oxygen atoms in total. The van der Waals surface area contributed by atoms with Crippen molar-refractivity contribution >= 4 is 23.0 Å². The lowest BCUT2D eigenvalue weighted by Gasteiger charge is -2.08. The Morgan fingerprint density at radius 2 is 1.90 bits per heavy atom. The molecule has 3 N–H and O–H groups in total. The molecule has 4 aromatic rings. The number of nitriles is 1. The van der Waals surface area contributed by atoms with Gasteiger partial charge in [-0.1, -0.05) is 55.5 Å². The van der Waals surface area contributed by atoms with E-state index in [-0.39, 0.29) is 5.56 Å². The van der Waals surface area contributed by atoms with Crippen molar-refractivity contribution in [3.63, 3.8) is 0 Å². The van der Waals surface area contributed by atoms with E-state index in [0.29, 0.717) is 29.0 Å². The zero-order valence-corrected chi connectivity index (χ0v) is 17.1. The summed E-state index contributed by atoms with van der Waals surface area (Å²) in [6, 6.07) is 21.3. The molecule has 1 aromatic heterocycles. The first-order valence-electron chi connectivity index (χ1n) is 10.2. The van der Waals surface area contributed by atoms with Crippen molar-refractivity contribution in [3.8, 4) is 17.2 Å². The maximum absolute atomic E-state index is 11.6. The number of rotatable bonds is 7. The molecule has 0 aliphatic carbocycles. The van der Waals surface area contributed by atoms with Gasteiger partial charge in [0.05, 0.1) is 28.2 Å². The van der Waals surface area contributed by atoms with Crippen molar-refractivity contribution in [2.45, 2.75) is 19.8 Å². The van der Waals surface area contributed by atoms with E-state index in [1.165, 1.54) is 0 Å². The Hall–Kier alpha value is -4.11. The summed E-state index contributed by atoms with van der Waals surface area (Å²) < 4.78 is 0. The van der Waals surface area contributed by atoms with Crippen LogP contribution >= 0.6 is 0 Å². The van der Waals surface area contributed by atoms with Crippen molar-refractivity contribution in [1.29, 1.82) is 5.26 Å². The quantitative estimate of drug-likeness (QED) is 0.388. The highest BCUT2D eigenvalue weighted by Gasteiger charge is 2.16. The van der Waals surface area contributed by atoms with E-state index >= 15 is 0 Å². The van der Waals surface area contributed by atoms with E-state index in [1.807, 2.05) is 54.6 Å². The fourth-order valence-electron chi connectivity index (χ4n) is 3.65. The SMILES string of the molecule is CCCNc1nc2c(Cc3ccc(-c4ccccc4C#N)cc3)ccc(C(=O)O)c2[nH]1. The van der Waals surface area contributed by atoms with Gasteiger partial charge in [-0.25, -0.2) is 9.78 Å². The number of carboxylic acid groups (broad SMARTS) is 1. The summed E-state index contributed by atoms with van der Waals surface area (Å²) in [5.74, 6) is -0.405. The van der Waals surface area contributed by atoms with Gasteiger partial charge in [-0.05, 0) is 47.2 Å². The number of imidazole rings is 1. The number of fused-ring (bicyclic) bond motifs is 1. The number of carboxylic acids is 1. The highest BCUT2D eigenvalue weighted by Crippen LogP contribution is 2.27. The van der Waals surface area contributed by atoms with Crippen molar-refractivity contribution in [2.24, 2.45) is 0 Å². The fourth-order valence-corrected chi connectivity index (χ4v) is 3.65. The third kappa shape index (κ3) is 4.12. The van der Waals surface area contributed by atoms with Gasteiger partial charge in [0, 0.05) is 6.54 Å². The number of anilines is 1. The van der Waals surface area contributed by atoms with Crippen molar-refractivity contribution in [3.05, 3.63) is 82.9 Å². The Kier molecular flexibility index (Phi) is 5.67. The minimum Gasteiger partial charge on any atom is -0.478 e. The lowest BCUT2D eigenvalue weighted by molar-refractivity contribution is 0.0699. The van der Waals surface area contributed by atoms with Crippen molar-refractivity contribution in [2.75, 3.05) is 11.9 Å². The van der Waals surface area contributed by atoms with E-state index in [0.717, 1.165) is 35.2 Å². The van der Waals surface area contributed by atoms with Crippen LogP contribution in [0, 0.1) is 11.3 Å². The van der Waals surface area contributed by atoms with Crippen LogP contribution in [0.3, 0.4) is 0 Å². The number of hydrogen-bond donors (Lipinski definition) is 3. The standard InChI is InChI=1S/C25H22N4O2/c1-2-13-27-25-28-22-18(11-12-21(24(30)31)23(22)29-25)14-16-7-9-17(10-8-16)20-6-4-3-5-19(20)15-26/h3-12H,2,13-14H2,1H3,(H,30,31)(H2,27,28,29). The molecule has 0 amide bonds. The number of nitrogens with one attached hydrogen (secondary N) is 2. The summed E-state index contributed by atoms with van der Waals surface area (Å²) in [6.45, 7) is 2.81. The number of benzene rings is 3. The van der Waals surface area contributed by atoms with Gasteiger partial charge in [-0.2, -0.15) is 5.26 Å². The zero-order chi connectivity index (χ0) is 21.8. The van der Waals surface area contributed by atoms with E-state index in [2.05, 4.69) is 28.3 Å². The lowest BCUT2D eigenvalue weighted by Crippen LogP contribution is -2.01. The topological polar surface area (TPSA) is 102 Å². The minimum absolute atomic E-state index is 0.208. The van der Waals surface area contributed by atoms with Crippen LogP contribution in [0.5, 0.6) is 0 Å². The minimum atomic E-state index is -0.984. The molecule has 1 heterocycles. The highest BCUT2D eigenvalue weighted by atomic mass is 16.4. The van der Waals surface area contributed by atoms with Gasteiger partial charge in [-0.15, -0.1) is 0 Å². The smallest absolute Gasteiger partial charge is 0.337 e. The Bertz CT molecular complexity index is 1280. The molecule has 0 fully saturated rings. The molecule has 4 rings (SSSR count). The van der Waals surface area contributed by atoms with Crippen LogP contribution in [-0.4, -0.2) is 27.6 Å². The zero-order valence-electron chi connectivity index (χ0n) is 17.1. The molecule has 0 saturated carbocycles. The van der Waals surface area contributed by atoms with Crippen LogP contribution in [0.15, 0.2) is 60.7 Å². The van der Waals surface area contributed by atoms with E-state index in [9.17, 15) is 15.2 Å². The number of H-pyrrole nitrogens is 1. The Labute approximate surface area is 180 Å². The summed E-state index contributed by atoms with van der Waals surface area (Å²) >= 11 is 0. The lowest BCUT2D eigenvalue weighted by atomic mass is 9.97. The average Bonchev–Trinajstić information content (AvgIpc) is 3.22. The van der Waals surface area contributed by atoms with Gasteiger partial charge in [0.25, 0.3) is 0 Å². The molecule has 0 radical (unpaired) electrons. The number of carbonyl (C=O) groups is 1. The average molecular weight is 410 g/mol.